The fourth-order valence-electron chi connectivity index (χ4n) is 4.30. The van der Waals surface area contributed by atoms with Crippen LogP contribution in [-0.4, -0.2) is 41.1 Å². The third kappa shape index (κ3) is 3.26. The molecule has 0 spiro atoms. The predicted molar refractivity (Wildman–Crippen MR) is 114 cm³/mol. The quantitative estimate of drug-likeness (QED) is 0.286. The number of ketones is 1. The van der Waals surface area contributed by atoms with Gasteiger partial charge in [0.15, 0.2) is 17.4 Å². The highest BCUT2D eigenvalue weighted by molar-refractivity contribution is 14.1. The minimum Gasteiger partial charge on any atom is -0.303 e. The maximum absolute atomic E-state index is 13.9. The molecule has 2 aromatic carbocycles. The second-order valence-corrected chi connectivity index (χ2v) is 8.92. The van der Waals surface area contributed by atoms with Crippen LogP contribution in [0.5, 0.6) is 0 Å². The Balaban J connectivity index is 1.76. The number of nitrogens with zero attached hydrogens (tertiary/aromatic N) is 1. The van der Waals surface area contributed by atoms with Crippen molar-refractivity contribution in [3.8, 4) is 0 Å². The van der Waals surface area contributed by atoms with Crippen molar-refractivity contribution in [2.45, 2.75) is 25.3 Å². The molecule has 1 N–H and O–H groups in total. The van der Waals surface area contributed by atoms with E-state index in [0.717, 1.165) is 23.5 Å². The van der Waals surface area contributed by atoms with Gasteiger partial charge in [0, 0.05) is 9.13 Å². The van der Waals surface area contributed by atoms with Gasteiger partial charge in [-0.05, 0) is 72.2 Å². The molecule has 156 valence electrons. The van der Waals surface area contributed by atoms with Crippen molar-refractivity contribution in [1.82, 2.24) is 10.2 Å². The van der Waals surface area contributed by atoms with Crippen molar-refractivity contribution in [1.29, 1.82) is 0 Å². The van der Waals surface area contributed by atoms with Gasteiger partial charge in [-0.1, -0.05) is 19.1 Å². The molecule has 2 heterocycles. The number of rotatable bonds is 4. The Bertz CT molecular complexity index is 1040. The summed E-state index contributed by atoms with van der Waals surface area (Å²) in [6.07, 6.45) is 1.52. The van der Waals surface area contributed by atoms with Gasteiger partial charge in [0.1, 0.15) is 5.54 Å². The van der Waals surface area contributed by atoms with Crippen LogP contribution in [0.1, 0.15) is 50.8 Å². The van der Waals surface area contributed by atoms with E-state index >= 15 is 0 Å². The van der Waals surface area contributed by atoms with E-state index in [-0.39, 0.29) is 21.6 Å². The molecule has 0 aliphatic carbocycles. The Morgan fingerprint density at radius 2 is 1.77 bits per heavy atom. The summed E-state index contributed by atoms with van der Waals surface area (Å²) in [5.74, 6) is -3.74. The molecule has 0 aromatic heterocycles. The molecule has 4 rings (SSSR count). The smallest absolute Gasteiger partial charge is 0.261 e. The average molecular weight is 524 g/mol. The normalized spacial score (nSPS) is 23.6. The first kappa shape index (κ1) is 21.0. The Morgan fingerprint density at radius 3 is 2.37 bits per heavy atom. The van der Waals surface area contributed by atoms with Crippen LogP contribution in [0.2, 0.25) is 0 Å². The molecule has 2 amide bonds. The van der Waals surface area contributed by atoms with Crippen LogP contribution in [0, 0.1) is 21.1 Å². The first-order valence-electron chi connectivity index (χ1n) is 9.66. The number of carbonyl (C=O) groups excluding carboxylic acids is 3. The minimum atomic E-state index is -1.28. The number of fused-ring (bicyclic) bond motifs is 1. The van der Waals surface area contributed by atoms with Gasteiger partial charge in [0.05, 0.1) is 17.7 Å². The zero-order chi connectivity index (χ0) is 21.6. The molecule has 2 aromatic rings. The van der Waals surface area contributed by atoms with Crippen LogP contribution >= 0.6 is 22.6 Å². The topological polar surface area (TPSA) is 66.5 Å². The summed E-state index contributed by atoms with van der Waals surface area (Å²) in [6, 6.07) is 8.40. The second-order valence-electron chi connectivity index (χ2n) is 7.76. The van der Waals surface area contributed by atoms with E-state index in [9.17, 15) is 23.2 Å². The number of imide groups is 1. The van der Waals surface area contributed by atoms with E-state index in [2.05, 4.69) is 5.32 Å². The summed E-state index contributed by atoms with van der Waals surface area (Å²) in [7, 11) is 0. The van der Waals surface area contributed by atoms with Crippen molar-refractivity contribution in [3.05, 3.63) is 68.3 Å². The number of halogens is 3. The van der Waals surface area contributed by atoms with Crippen LogP contribution in [0.25, 0.3) is 0 Å². The summed E-state index contributed by atoms with van der Waals surface area (Å²) in [4.78, 5) is 40.6. The number of carbonyl (C=O) groups is 3. The molecule has 2 aliphatic heterocycles. The van der Waals surface area contributed by atoms with Crippen LogP contribution < -0.4 is 5.32 Å². The fourth-order valence-corrected chi connectivity index (χ4v) is 4.97. The number of benzene rings is 2. The van der Waals surface area contributed by atoms with Gasteiger partial charge in [-0.15, -0.1) is 0 Å². The highest BCUT2D eigenvalue weighted by Gasteiger charge is 2.50. The summed E-state index contributed by atoms with van der Waals surface area (Å²) in [5, 5.41) is 3.22. The molecule has 0 bridgehead atoms. The van der Waals surface area contributed by atoms with Gasteiger partial charge in [-0.25, -0.2) is 8.78 Å². The van der Waals surface area contributed by atoms with E-state index in [1.807, 2.05) is 6.92 Å². The van der Waals surface area contributed by atoms with Crippen LogP contribution in [0.15, 0.2) is 36.4 Å². The molecule has 30 heavy (non-hydrogen) atoms. The van der Waals surface area contributed by atoms with Crippen molar-refractivity contribution in [2.24, 2.45) is 5.92 Å². The Labute approximate surface area is 186 Å². The monoisotopic (exact) mass is 524 g/mol. The third-order valence-electron chi connectivity index (χ3n) is 6.04. The molecule has 5 nitrogen and oxygen atoms in total. The second kappa shape index (κ2) is 7.81. The van der Waals surface area contributed by atoms with E-state index < -0.39 is 34.8 Å². The average Bonchev–Trinajstić information content (AvgIpc) is 2.97. The van der Waals surface area contributed by atoms with E-state index in [0.29, 0.717) is 24.1 Å². The molecule has 1 fully saturated rings. The zero-order valence-corrected chi connectivity index (χ0v) is 18.3. The SMILES string of the molecule is C[C@@H]1CCCN[C@@]1(CN1C(=O)c2ccccc2C1=O)C(=O)c1cc(F)c(F)cc1I. The number of hydrogen-bond acceptors (Lipinski definition) is 4. The maximum atomic E-state index is 13.9. The minimum absolute atomic E-state index is 0.0346. The lowest BCUT2D eigenvalue weighted by Crippen LogP contribution is -2.65. The zero-order valence-electron chi connectivity index (χ0n) is 16.2. The van der Waals surface area contributed by atoms with E-state index in [1.165, 1.54) is 0 Å². The molecule has 0 unspecified atom stereocenters. The van der Waals surface area contributed by atoms with Gasteiger partial charge < -0.3 is 5.32 Å². The standard InChI is InChI=1S/C22H19F2IN2O3/c1-12-5-4-8-26-22(12,19(28)15-9-16(23)17(24)10-18(15)25)11-27-20(29)13-6-2-3-7-14(13)21(27)30/h2-3,6-7,9-10,12,26H,4-5,8,11H2,1H3/t12-,22-/m1/s1. The summed E-state index contributed by atoms with van der Waals surface area (Å²) in [5.41, 5.74) is -0.644. The van der Waals surface area contributed by atoms with E-state index in [1.54, 1.807) is 46.9 Å². The molecule has 0 radical (unpaired) electrons. The fraction of sp³-hybridized carbons (Fsp3) is 0.318. The summed E-state index contributed by atoms with van der Waals surface area (Å²) < 4.78 is 27.8. The maximum Gasteiger partial charge on any atom is 0.261 e. The molecule has 2 atom stereocenters. The van der Waals surface area contributed by atoms with Crippen LogP contribution in [0.3, 0.4) is 0 Å². The number of Topliss-reactive ketones (excluding diaryl/α,β-unsaturated/α-hetero) is 1. The molecule has 0 saturated carbocycles. The van der Waals surface area contributed by atoms with Crippen molar-refractivity contribution in [3.63, 3.8) is 0 Å². The van der Waals surface area contributed by atoms with Gasteiger partial charge >= 0.3 is 0 Å². The van der Waals surface area contributed by atoms with Gasteiger partial charge in [-0.3, -0.25) is 19.3 Å². The Morgan fingerprint density at radius 1 is 1.17 bits per heavy atom. The lowest BCUT2D eigenvalue weighted by Gasteiger charge is -2.44. The predicted octanol–water partition coefficient (Wildman–Crippen LogP) is 3.81. The molecular formula is C22H19F2IN2O3. The van der Waals surface area contributed by atoms with Crippen molar-refractivity contribution < 1.29 is 23.2 Å². The van der Waals surface area contributed by atoms with Crippen LogP contribution in [-0.2, 0) is 0 Å². The van der Waals surface area contributed by atoms with Gasteiger partial charge in [-0.2, -0.15) is 0 Å². The number of hydrogen-bond donors (Lipinski definition) is 1. The Hall–Kier alpha value is -2.20. The Kier molecular flexibility index (Phi) is 5.48. The highest BCUT2D eigenvalue weighted by Crippen LogP contribution is 2.35. The largest absolute Gasteiger partial charge is 0.303 e. The highest BCUT2D eigenvalue weighted by atomic mass is 127. The summed E-state index contributed by atoms with van der Waals surface area (Å²) in [6.45, 7) is 2.21. The first-order chi connectivity index (χ1) is 14.3. The van der Waals surface area contributed by atoms with Crippen molar-refractivity contribution in [2.75, 3.05) is 13.1 Å². The first-order valence-corrected chi connectivity index (χ1v) is 10.7. The number of piperidine rings is 1. The van der Waals surface area contributed by atoms with Crippen molar-refractivity contribution >= 4 is 40.2 Å². The third-order valence-corrected chi connectivity index (χ3v) is 6.93. The summed E-state index contributed by atoms with van der Waals surface area (Å²) >= 11 is 1.80. The number of amides is 2. The van der Waals surface area contributed by atoms with Gasteiger partial charge in [0.25, 0.3) is 11.8 Å². The molecule has 8 heteroatoms. The van der Waals surface area contributed by atoms with Crippen LogP contribution in [0.4, 0.5) is 8.78 Å². The lowest BCUT2D eigenvalue weighted by molar-refractivity contribution is 0.0484. The number of nitrogens with one attached hydrogen (secondary N) is 1. The van der Waals surface area contributed by atoms with E-state index in [4.69, 9.17) is 0 Å². The molecular weight excluding hydrogens is 505 g/mol. The molecule has 2 aliphatic rings. The van der Waals surface area contributed by atoms with Gasteiger partial charge in [0.2, 0.25) is 0 Å². The lowest BCUT2D eigenvalue weighted by atomic mass is 9.73. The molecule has 1 saturated heterocycles.